The molecule has 0 aliphatic carbocycles. The zero-order chi connectivity index (χ0) is 22.5. The Morgan fingerprint density at radius 3 is 2.19 bits per heavy atom. The van der Waals surface area contributed by atoms with Gasteiger partial charge in [0.2, 0.25) is 0 Å². The van der Waals surface area contributed by atoms with Crippen molar-refractivity contribution in [2.75, 3.05) is 0 Å². The van der Waals surface area contributed by atoms with Gasteiger partial charge in [0.15, 0.2) is 0 Å². The molecular weight excluding hydrogens is 376 g/mol. The highest BCUT2D eigenvalue weighted by atomic mass is 14.8. The van der Waals surface area contributed by atoms with Gasteiger partial charge in [0.1, 0.15) is 6.33 Å². The summed E-state index contributed by atoms with van der Waals surface area (Å²) in [4.78, 5) is 9.55. The van der Waals surface area contributed by atoms with Crippen LogP contribution in [-0.4, -0.2) is 9.97 Å². The molecule has 1 heterocycles. The van der Waals surface area contributed by atoms with Crippen LogP contribution >= 0.6 is 0 Å². The van der Waals surface area contributed by atoms with Crippen LogP contribution in [0.3, 0.4) is 0 Å². The van der Waals surface area contributed by atoms with Crippen molar-refractivity contribution in [3.05, 3.63) is 71.0 Å². The van der Waals surface area contributed by atoms with Gasteiger partial charge in [-0.05, 0) is 64.5 Å². The Labute approximate surface area is 186 Å². The average Bonchev–Trinajstić information content (AvgIpc) is 2.70. The number of hydrogen-bond donors (Lipinski definition) is 0. The third-order valence-electron chi connectivity index (χ3n) is 6.28. The van der Waals surface area contributed by atoms with E-state index >= 15 is 0 Å². The van der Waals surface area contributed by atoms with Gasteiger partial charge >= 0.3 is 0 Å². The standard InChI is InChI=1S/C29H34N2/c1-17(2)21-13-20-9-10-24-27(22-11-19(5)12-23(14-22)29(6,7)8)30-16-31-28(24)26(20)25(15-21)18(3)4/h9-18H,1-8H3. The van der Waals surface area contributed by atoms with Crippen LogP contribution < -0.4 is 0 Å². The fourth-order valence-electron chi connectivity index (χ4n) is 4.41. The quantitative estimate of drug-likeness (QED) is 0.317. The highest BCUT2D eigenvalue weighted by molar-refractivity contribution is 6.10. The molecule has 3 aromatic carbocycles. The third kappa shape index (κ3) is 3.96. The second-order valence-corrected chi connectivity index (χ2v) is 10.5. The Morgan fingerprint density at radius 2 is 1.55 bits per heavy atom. The van der Waals surface area contributed by atoms with E-state index in [1.54, 1.807) is 6.33 Å². The minimum absolute atomic E-state index is 0.0916. The molecule has 0 unspecified atom stereocenters. The zero-order valence-electron chi connectivity index (χ0n) is 20.2. The number of aryl methyl sites for hydroxylation is 1. The fourth-order valence-corrected chi connectivity index (χ4v) is 4.41. The van der Waals surface area contributed by atoms with Gasteiger partial charge < -0.3 is 0 Å². The summed E-state index contributed by atoms with van der Waals surface area (Å²) in [5, 5.41) is 3.66. The van der Waals surface area contributed by atoms with Crippen molar-refractivity contribution in [2.45, 2.75) is 72.6 Å². The highest BCUT2D eigenvalue weighted by Crippen LogP contribution is 2.37. The smallest absolute Gasteiger partial charge is 0.116 e. The summed E-state index contributed by atoms with van der Waals surface area (Å²) in [5.41, 5.74) is 8.69. The third-order valence-corrected chi connectivity index (χ3v) is 6.28. The van der Waals surface area contributed by atoms with Crippen LogP contribution in [0.15, 0.2) is 48.8 Å². The molecule has 0 spiro atoms. The largest absolute Gasteiger partial charge is 0.236 e. The maximum atomic E-state index is 4.80. The monoisotopic (exact) mass is 410 g/mol. The molecule has 4 aromatic rings. The predicted molar refractivity (Wildman–Crippen MR) is 134 cm³/mol. The van der Waals surface area contributed by atoms with Gasteiger partial charge in [-0.3, -0.25) is 0 Å². The summed E-state index contributed by atoms with van der Waals surface area (Å²) in [6.07, 6.45) is 1.73. The van der Waals surface area contributed by atoms with Crippen LogP contribution in [-0.2, 0) is 5.41 Å². The van der Waals surface area contributed by atoms with Crippen molar-refractivity contribution in [2.24, 2.45) is 0 Å². The molecular formula is C29H34N2. The Bertz CT molecular complexity index is 1270. The van der Waals surface area contributed by atoms with Crippen molar-refractivity contribution in [3.63, 3.8) is 0 Å². The van der Waals surface area contributed by atoms with Crippen LogP contribution in [0, 0.1) is 6.92 Å². The minimum atomic E-state index is 0.0916. The van der Waals surface area contributed by atoms with E-state index in [9.17, 15) is 0 Å². The first kappa shape index (κ1) is 21.5. The fraction of sp³-hybridized carbons (Fsp3) is 0.379. The average molecular weight is 411 g/mol. The highest BCUT2D eigenvalue weighted by Gasteiger charge is 2.18. The molecule has 0 bridgehead atoms. The van der Waals surface area contributed by atoms with E-state index in [-0.39, 0.29) is 5.41 Å². The van der Waals surface area contributed by atoms with Crippen LogP contribution in [0.2, 0.25) is 0 Å². The van der Waals surface area contributed by atoms with Gasteiger partial charge in [0.05, 0.1) is 11.2 Å². The summed E-state index contributed by atoms with van der Waals surface area (Å²) in [6.45, 7) is 18.0. The normalized spacial score (nSPS) is 12.5. The van der Waals surface area contributed by atoms with Crippen molar-refractivity contribution >= 4 is 21.7 Å². The lowest BCUT2D eigenvalue weighted by molar-refractivity contribution is 0.590. The summed E-state index contributed by atoms with van der Waals surface area (Å²) in [6, 6.07) is 16.0. The molecule has 2 nitrogen and oxygen atoms in total. The van der Waals surface area contributed by atoms with E-state index in [1.807, 2.05) is 0 Å². The zero-order valence-corrected chi connectivity index (χ0v) is 20.2. The van der Waals surface area contributed by atoms with Crippen LogP contribution in [0.5, 0.6) is 0 Å². The van der Waals surface area contributed by atoms with E-state index in [0.29, 0.717) is 11.8 Å². The molecule has 2 heteroatoms. The number of fused-ring (bicyclic) bond motifs is 3. The van der Waals surface area contributed by atoms with Gasteiger partial charge in [0.25, 0.3) is 0 Å². The van der Waals surface area contributed by atoms with Gasteiger partial charge in [-0.25, -0.2) is 9.97 Å². The van der Waals surface area contributed by atoms with Gasteiger partial charge in [-0.2, -0.15) is 0 Å². The van der Waals surface area contributed by atoms with Crippen molar-refractivity contribution in [3.8, 4) is 11.3 Å². The summed E-state index contributed by atoms with van der Waals surface area (Å²) >= 11 is 0. The first-order valence-electron chi connectivity index (χ1n) is 11.4. The topological polar surface area (TPSA) is 25.8 Å². The minimum Gasteiger partial charge on any atom is -0.236 e. The molecule has 0 N–H and O–H groups in total. The number of hydrogen-bond acceptors (Lipinski definition) is 2. The van der Waals surface area contributed by atoms with E-state index < -0.39 is 0 Å². The number of benzene rings is 3. The lowest BCUT2D eigenvalue weighted by Gasteiger charge is -2.21. The molecule has 1 aromatic heterocycles. The predicted octanol–water partition coefficient (Wildman–Crippen LogP) is 8.30. The Hall–Kier alpha value is -2.74. The lowest BCUT2D eigenvalue weighted by Crippen LogP contribution is -2.11. The maximum absolute atomic E-state index is 4.80. The van der Waals surface area contributed by atoms with E-state index in [4.69, 9.17) is 9.97 Å². The van der Waals surface area contributed by atoms with Gasteiger partial charge in [-0.15, -0.1) is 0 Å². The Morgan fingerprint density at radius 1 is 0.806 bits per heavy atom. The molecule has 31 heavy (non-hydrogen) atoms. The molecule has 0 atom stereocenters. The number of rotatable bonds is 3. The second-order valence-electron chi connectivity index (χ2n) is 10.5. The van der Waals surface area contributed by atoms with Gasteiger partial charge in [0, 0.05) is 16.3 Å². The van der Waals surface area contributed by atoms with Crippen molar-refractivity contribution < 1.29 is 0 Å². The van der Waals surface area contributed by atoms with Crippen LogP contribution in [0.4, 0.5) is 0 Å². The van der Waals surface area contributed by atoms with E-state index in [1.165, 1.54) is 38.6 Å². The number of aromatic nitrogens is 2. The summed E-state index contributed by atoms with van der Waals surface area (Å²) < 4.78 is 0. The first-order chi connectivity index (χ1) is 14.6. The van der Waals surface area contributed by atoms with Crippen molar-refractivity contribution in [1.82, 2.24) is 9.97 Å². The van der Waals surface area contributed by atoms with Crippen LogP contribution in [0.1, 0.15) is 82.6 Å². The molecule has 0 saturated heterocycles. The van der Waals surface area contributed by atoms with E-state index in [2.05, 4.69) is 97.9 Å². The SMILES string of the molecule is Cc1cc(-c2ncnc3c2ccc2cc(C(C)C)cc(C(C)C)c23)cc(C(C)(C)C)c1. The first-order valence-corrected chi connectivity index (χ1v) is 11.4. The molecule has 160 valence electrons. The second kappa shape index (κ2) is 7.75. The molecule has 0 aliphatic heterocycles. The molecule has 0 radical (unpaired) electrons. The molecule has 0 fully saturated rings. The molecule has 0 saturated carbocycles. The summed E-state index contributed by atoms with van der Waals surface area (Å²) in [7, 11) is 0. The molecule has 0 amide bonds. The molecule has 0 aliphatic rings. The maximum Gasteiger partial charge on any atom is 0.116 e. The molecule has 4 rings (SSSR count). The van der Waals surface area contributed by atoms with Gasteiger partial charge in [-0.1, -0.05) is 78.3 Å². The Kier molecular flexibility index (Phi) is 5.37. The van der Waals surface area contributed by atoms with Crippen LogP contribution in [0.25, 0.3) is 32.9 Å². The van der Waals surface area contributed by atoms with E-state index in [0.717, 1.165) is 16.6 Å². The lowest BCUT2D eigenvalue weighted by atomic mass is 9.84. The summed E-state index contributed by atoms with van der Waals surface area (Å²) in [5.74, 6) is 0.929. The van der Waals surface area contributed by atoms with Crippen molar-refractivity contribution in [1.29, 1.82) is 0 Å². The number of nitrogens with zero attached hydrogens (tertiary/aromatic N) is 2. The Balaban J connectivity index is 2.05.